The molecule has 0 aromatic carbocycles. The van der Waals surface area contributed by atoms with Crippen molar-refractivity contribution in [2.45, 2.75) is 44.4 Å². The summed E-state index contributed by atoms with van der Waals surface area (Å²) in [5.74, 6) is 1.26. The fourth-order valence-electron chi connectivity index (χ4n) is 3.98. The van der Waals surface area contributed by atoms with E-state index in [1.165, 1.54) is 11.3 Å². The molecule has 1 aliphatic rings. The maximum absolute atomic E-state index is 9.84. The number of thiazole rings is 1. The van der Waals surface area contributed by atoms with Gasteiger partial charge in [0.1, 0.15) is 16.2 Å². The van der Waals surface area contributed by atoms with Crippen LogP contribution in [0.3, 0.4) is 0 Å². The standard InChI is InChI=1S/C23H33N7O3S/c1-32-12-10-30(11-13-33-2)15-17-14-20(29-23-27-19-4-3-9-24-21(19)34-23)28-22(26-17)25-16-5-7-18(31)8-6-16/h3-4,9,14,16,18,31H,5-8,10-13,15H2,1-2H3,(H2,25,26,27,28,29). The maximum Gasteiger partial charge on any atom is 0.225 e. The van der Waals surface area contributed by atoms with E-state index in [9.17, 15) is 5.11 Å². The molecule has 0 radical (unpaired) electrons. The summed E-state index contributed by atoms with van der Waals surface area (Å²) in [6, 6.07) is 6.04. The molecule has 3 aromatic heterocycles. The number of nitrogens with zero attached hydrogens (tertiary/aromatic N) is 5. The lowest BCUT2D eigenvalue weighted by Gasteiger charge is -2.26. The fraction of sp³-hybridized carbons (Fsp3) is 0.565. The van der Waals surface area contributed by atoms with E-state index in [1.54, 1.807) is 20.4 Å². The van der Waals surface area contributed by atoms with E-state index in [2.05, 4.69) is 25.5 Å². The Morgan fingerprint density at radius 2 is 1.85 bits per heavy atom. The molecule has 0 bridgehead atoms. The van der Waals surface area contributed by atoms with E-state index in [4.69, 9.17) is 19.4 Å². The Labute approximate surface area is 203 Å². The predicted octanol–water partition coefficient (Wildman–Crippen LogP) is 3.04. The van der Waals surface area contributed by atoms with Crippen LogP contribution in [0.5, 0.6) is 0 Å². The van der Waals surface area contributed by atoms with Gasteiger partial charge in [0.05, 0.1) is 25.0 Å². The van der Waals surface area contributed by atoms with Crippen molar-refractivity contribution in [1.82, 2.24) is 24.8 Å². The number of hydrogen-bond donors (Lipinski definition) is 3. The maximum atomic E-state index is 9.84. The fourth-order valence-corrected chi connectivity index (χ4v) is 4.80. The van der Waals surface area contributed by atoms with Gasteiger partial charge in [-0.05, 0) is 37.8 Å². The molecule has 3 N–H and O–H groups in total. The second-order valence-electron chi connectivity index (χ2n) is 8.45. The monoisotopic (exact) mass is 487 g/mol. The van der Waals surface area contributed by atoms with Crippen molar-refractivity contribution >= 4 is 38.6 Å². The molecule has 1 fully saturated rings. The number of rotatable bonds is 12. The molecule has 3 heterocycles. The van der Waals surface area contributed by atoms with Crippen molar-refractivity contribution in [3.8, 4) is 0 Å². The molecule has 3 aromatic rings. The molecule has 4 rings (SSSR count). The second kappa shape index (κ2) is 12.3. The average molecular weight is 488 g/mol. The summed E-state index contributed by atoms with van der Waals surface area (Å²) in [5, 5.41) is 17.4. The minimum atomic E-state index is -0.203. The van der Waals surface area contributed by atoms with Crippen LogP contribution in [0.25, 0.3) is 10.3 Å². The van der Waals surface area contributed by atoms with Crippen LogP contribution in [0.15, 0.2) is 24.4 Å². The lowest BCUT2D eigenvalue weighted by Crippen LogP contribution is -2.31. The van der Waals surface area contributed by atoms with Gasteiger partial charge >= 0.3 is 0 Å². The number of ether oxygens (including phenoxy) is 2. The van der Waals surface area contributed by atoms with E-state index in [0.29, 0.717) is 31.5 Å². The minimum absolute atomic E-state index is 0.203. The number of anilines is 3. The highest BCUT2D eigenvalue weighted by molar-refractivity contribution is 7.21. The number of fused-ring (bicyclic) bond motifs is 1. The summed E-state index contributed by atoms with van der Waals surface area (Å²) in [6.07, 6.45) is 4.95. The Morgan fingerprint density at radius 3 is 2.56 bits per heavy atom. The third-order valence-corrected chi connectivity index (χ3v) is 6.71. The van der Waals surface area contributed by atoms with Gasteiger partial charge in [-0.15, -0.1) is 0 Å². The van der Waals surface area contributed by atoms with Crippen LogP contribution in [-0.2, 0) is 16.0 Å². The Hall–Kier alpha value is -2.44. The lowest BCUT2D eigenvalue weighted by atomic mass is 9.93. The Morgan fingerprint density at radius 1 is 1.09 bits per heavy atom. The number of nitrogens with one attached hydrogen (secondary N) is 2. The van der Waals surface area contributed by atoms with Gasteiger partial charge in [0.15, 0.2) is 5.13 Å². The molecule has 184 valence electrons. The van der Waals surface area contributed by atoms with Crippen molar-refractivity contribution in [1.29, 1.82) is 0 Å². The average Bonchev–Trinajstić information content (AvgIpc) is 3.24. The summed E-state index contributed by atoms with van der Waals surface area (Å²) >= 11 is 1.49. The summed E-state index contributed by atoms with van der Waals surface area (Å²) in [6.45, 7) is 3.46. The normalized spacial score (nSPS) is 18.5. The Balaban J connectivity index is 1.55. The van der Waals surface area contributed by atoms with E-state index in [-0.39, 0.29) is 12.1 Å². The number of aliphatic hydroxyl groups excluding tert-OH is 1. The molecule has 0 unspecified atom stereocenters. The van der Waals surface area contributed by atoms with Gasteiger partial charge in [0.25, 0.3) is 0 Å². The first-order valence-electron chi connectivity index (χ1n) is 11.6. The van der Waals surface area contributed by atoms with Crippen LogP contribution in [0.2, 0.25) is 0 Å². The highest BCUT2D eigenvalue weighted by Crippen LogP contribution is 2.27. The highest BCUT2D eigenvalue weighted by Gasteiger charge is 2.21. The number of aromatic nitrogens is 4. The molecule has 0 spiro atoms. The molecule has 1 saturated carbocycles. The summed E-state index contributed by atoms with van der Waals surface area (Å²) in [7, 11) is 3.41. The number of pyridine rings is 1. The van der Waals surface area contributed by atoms with Crippen molar-refractivity contribution in [3.05, 3.63) is 30.1 Å². The lowest BCUT2D eigenvalue weighted by molar-refractivity contribution is 0.109. The van der Waals surface area contributed by atoms with Crippen molar-refractivity contribution in [2.75, 3.05) is 51.2 Å². The predicted molar refractivity (Wildman–Crippen MR) is 134 cm³/mol. The number of aliphatic hydroxyl groups is 1. The van der Waals surface area contributed by atoms with E-state index >= 15 is 0 Å². The first-order chi connectivity index (χ1) is 16.6. The van der Waals surface area contributed by atoms with Crippen molar-refractivity contribution < 1.29 is 14.6 Å². The molecule has 0 atom stereocenters. The molecular formula is C23H33N7O3S. The zero-order valence-electron chi connectivity index (χ0n) is 19.7. The molecule has 11 heteroatoms. The van der Waals surface area contributed by atoms with Gasteiger partial charge in [-0.1, -0.05) is 11.3 Å². The van der Waals surface area contributed by atoms with E-state index in [0.717, 1.165) is 59.9 Å². The van der Waals surface area contributed by atoms with Gasteiger partial charge in [0.2, 0.25) is 5.95 Å². The van der Waals surface area contributed by atoms with Gasteiger partial charge in [-0.3, -0.25) is 4.90 Å². The Kier molecular flexibility index (Phi) is 8.94. The van der Waals surface area contributed by atoms with Gasteiger partial charge in [-0.25, -0.2) is 15.0 Å². The second-order valence-corrected chi connectivity index (χ2v) is 9.43. The van der Waals surface area contributed by atoms with Crippen LogP contribution in [0, 0.1) is 0 Å². The summed E-state index contributed by atoms with van der Waals surface area (Å²) in [4.78, 5) is 21.7. The highest BCUT2D eigenvalue weighted by atomic mass is 32.1. The van der Waals surface area contributed by atoms with Crippen LogP contribution in [-0.4, -0.2) is 82.6 Å². The van der Waals surface area contributed by atoms with Gasteiger partial charge in [-0.2, -0.15) is 4.98 Å². The van der Waals surface area contributed by atoms with E-state index < -0.39 is 0 Å². The molecule has 10 nitrogen and oxygen atoms in total. The van der Waals surface area contributed by atoms with Crippen LogP contribution >= 0.6 is 11.3 Å². The number of methoxy groups -OCH3 is 2. The smallest absolute Gasteiger partial charge is 0.225 e. The molecule has 0 aliphatic heterocycles. The van der Waals surface area contributed by atoms with Crippen molar-refractivity contribution in [3.63, 3.8) is 0 Å². The van der Waals surface area contributed by atoms with Gasteiger partial charge < -0.3 is 25.2 Å². The molecule has 0 amide bonds. The number of hydrogen-bond acceptors (Lipinski definition) is 11. The molecular weight excluding hydrogens is 454 g/mol. The third-order valence-electron chi connectivity index (χ3n) is 5.82. The molecule has 1 aliphatic carbocycles. The summed E-state index contributed by atoms with van der Waals surface area (Å²) in [5.41, 5.74) is 1.75. The zero-order valence-corrected chi connectivity index (χ0v) is 20.6. The molecule has 34 heavy (non-hydrogen) atoms. The van der Waals surface area contributed by atoms with Gasteiger partial charge in [0, 0.05) is 52.2 Å². The quantitative estimate of drug-likeness (QED) is 0.352. The van der Waals surface area contributed by atoms with Crippen LogP contribution < -0.4 is 10.6 Å². The van der Waals surface area contributed by atoms with Crippen LogP contribution in [0.4, 0.5) is 16.9 Å². The first-order valence-corrected chi connectivity index (χ1v) is 12.5. The molecule has 0 saturated heterocycles. The Bertz CT molecular complexity index is 1000. The third kappa shape index (κ3) is 7.03. The SMILES string of the molecule is COCCN(CCOC)Cc1cc(Nc2nc3cccnc3s2)nc(NC2CCC(O)CC2)n1. The van der Waals surface area contributed by atoms with Crippen molar-refractivity contribution in [2.24, 2.45) is 0 Å². The minimum Gasteiger partial charge on any atom is -0.393 e. The topological polar surface area (TPSA) is 118 Å². The summed E-state index contributed by atoms with van der Waals surface area (Å²) < 4.78 is 10.6. The van der Waals surface area contributed by atoms with E-state index in [1.807, 2.05) is 18.2 Å². The first kappa shape index (κ1) is 24.7. The largest absolute Gasteiger partial charge is 0.393 e. The van der Waals surface area contributed by atoms with Crippen LogP contribution in [0.1, 0.15) is 31.4 Å². The zero-order chi connectivity index (χ0) is 23.8.